The first-order valence-corrected chi connectivity index (χ1v) is 10.9. The van der Waals surface area contributed by atoms with E-state index >= 15 is 0 Å². The second-order valence-electron chi connectivity index (χ2n) is 7.18. The number of piperazine rings is 1. The Bertz CT molecular complexity index is 959. The highest BCUT2D eigenvalue weighted by Crippen LogP contribution is 2.30. The van der Waals surface area contributed by atoms with E-state index in [2.05, 4.69) is 28.0 Å². The number of nitrogens with two attached hydrogens (primary N) is 1. The highest BCUT2D eigenvalue weighted by Gasteiger charge is 2.22. The molecule has 1 atom stereocenters. The maximum atomic E-state index is 6.52. The quantitative estimate of drug-likeness (QED) is 0.535. The van der Waals surface area contributed by atoms with Gasteiger partial charge in [0.2, 0.25) is 0 Å². The normalized spacial score (nSPS) is 15.6. The summed E-state index contributed by atoms with van der Waals surface area (Å²) in [6.07, 6.45) is 0. The van der Waals surface area contributed by atoms with E-state index in [1.807, 2.05) is 31.2 Å². The van der Waals surface area contributed by atoms with Crippen LogP contribution in [0.1, 0.15) is 18.0 Å². The minimum Gasteiger partial charge on any atom is -0.495 e. The van der Waals surface area contributed by atoms with E-state index < -0.39 is 0 Å². The van der Waals surface area contributed by atoms with Crippen LogP contribution < -0.4 is 20.1 Å². The second kappa shape index (κ2) is 10.4. The number of benzene rings is 2. The molecular weight excluding hydrogens is 464 g/mol. The molecule has 2 heterocycles. The van der Waals surface area contributed by atoms with E-state index in [4.69, 9.17) is 20.2 Å². The van der Waals surface area contributed by atoms with Gasteiger partial charge in [0.05, 0.1) is 35.7 Å². The summed E-state index contributed by atoms with van der Waals surface area (Å²) in [6.45, 7) is 7.35. The molecule has 0 spiro atoms. The van der Waals surface area contributed by atoms with Gasteiger partial charge in [-0.05, 0) is 37.3 Å². The standard InChI is InChI=1S/C22H28N4O2S.BrH/c1-3-28-16-8-9-18-21(14-16)29-22(24-18)17(23)15-25-10-12-26(13-11-25)19-6-4-5-7-20(19)27-2;/h4-9,14,17H,3,10-13,15,23H2,1-2H3;1H. The summed E-state index contributed by atoms with van der Waals surface area (Å²) in [6, 6.07) is 14.2. The number of nitrogens with zero attached hydrogens (tertiary/aromatic N) is 3. The minimum absolute atomic E-state index is 0. The summed E-state index contributed by atoms with van der Waals surface area (Å²) >= 11 is 1.67. The molecule has 0 bridgehead atoms. The molecule has 0 amide bonds. The predicted molar refractivity (Wildman–Crippen MR) is 130 cm³/mol. The Balaban J connectivity index is 0.00000256. The molecule has 30 heavy (non-hydrogen) atoms. The molecule has 1 aliphatic rings. The van der Waals surface area contributed by atoms with Crippen LogP contribution in [0.25, 0.3) is 10.2 Å². The molecule has 1 fully saturated rings. The molecule has 2 aromatic carbocycles. The van der Waals surface area contributed by atoms with Gasteiger partial charge >= 0.3 is 0 Å². The molecule has 162 valence electrons. The van der Waals surface area contributed by atoms with Crippen LogP contribution in [-0.2, 0) is 0 Å². The van der Waals surface area contributed by atoms with Gasteiger partial charge in [-0.15, -0.1) is 28.3 Å². The maximum Gasteiger partial charge on any atom is 0.142 e. The number of aromatic nitrogens is 1. The number of halogens is 1. The van der Waals surface area contributed by atoms with Gasteiger partial charge in [0.1, 0.15) is 16.5 Å². The number of para-hydroxylation sites is 2. The van der Waals surface area contributed by atoms with E-state index in [1.54, 1.807) is 18.4 Å². The lowest BCUT2D eigenvalue weighted by atomic mass is 10.2. The summed E-state index contributed by atoms with van der Waals surface area (Å²) in [7, 11) is 1.73. The monoisotopic (exact) mass is 492 g/mol. The van der Waals surface area contributed by atoms with Gasteiger partial charge in [-0.1, -0.05) is 12.1 Å². The topological polar surface area (TPSA) is 63.9 Å². The van der Waals surface area contributed by atoms with Crippen molar-refractivity contribution in [3.8, 4) is 11.5 Å². The van der Waals surface area contributed by atoms with Crippen LogP contribution in [0.3, 0.4) is 0 Å². The fraction of sp³-hybridized carbons (Fsp3) is 0.409. The van der Waals surface area contributed by atoms with E-state index in [-0.39, 0.29) is 23.0 Å². The van der Waals surface area contributed by atoms with Crippen molar-refractivity contribution >= 4 is 44.2 Å². The molecule has 8 heteroatoms. The fourth-order valence-corrected chi connectivity index (χ4v) is 4.74. The van der Waals surface area contributed by atoms with Gasteiger partial charge in [0.25, 0.3) is 0 Å². The SMILES string of the molecule is Br.CCOc1ccc2nc(C(N)CN3CCN(c4ccccc4OC)CC3)sc2c1. The number of rotatable bonds is 7. The Morgan fingerprint density at radius 3 is 2.63 bits per heavy atom. The summed E-state index contributed by atoms with van der Waals surface area (Å²) in [5.41, 5.74) is 8.67. The fourth-order valence-electron chi connectivity index (χ4n) is 3.76. The van der Waals surface area contributed by atoms with Crippen LogP contribution in [0.2, 0.25) is 0 Å². The number of methoxy groups -OCH3 is 1. The molecule has 0 saturated carbocycles. The summed E-state index contributed by atoms with van der Waals surface area (Å²) in [4.78, 5) is 9.56. The Morgan fingerprint density at radius 2 is 1.90 bits per heavy atom. The van der Waals surface area contributed by atoms with Crippen molar-refractivity contribution < 1.29 is 9.47 Å². The lowest BCUT2D eigenvalue weighted by Gasteiger charge is -2.37. The molecule has 0 aliphatic carbocycles. The third-order valence-corrected chi connectivity index (χ3v) is 6.41. The Labute approximate surface area is 192 Å². The molecule has 1 aliphatic heterocycles. The number of ether oxygens (including phenoxy) is 2. The molecule has 6 nitrogen and oxygen atoms in total. The van der Waals surface area contributed by atoms with Crippen molar-refractivity contribution in [3.63, 3.8) is 0 Å². The average Bonchev–Trinajstić information content (AvgIpc) is 3.18. The average molecular weight is 493 g/mol. The molecule has 1 saturated heterocycles. The zero-order valence-electron chi connectivity index (χ0n) is 17.4. The van der Waals surface area contributed by atoms with E-state index in [0.717, 1.165) is 65.1 Å². The number of hydrogen-bond donors (Lipinski definition) is 1. The highest BCUT2D eigenvalue weighted by molar-refractivity contribution is 8.93. The van der Waals surface area contributed by atoms with E-state index in [9.17, 15) is 0 Å². The lowest BCUT2D eigenvalue weighted by Crippen LogP contribution is -2.48. The van der Waals surface area contributed by atoms with Gasteiger partial charge in [0.15, 0.2) is 0 Å². The minimum atomic E-state index is -0.0826. The van der Waals surface area contributed by atoms with Gasteiger partial charge in [-0.2, -0.15) is 0 Å². The first-order chi connectivity index (χ1) is 14.2. The van der Waals surface area contributed by atoms with Crippen molar-refractivity contribution in [1.29, 1.82) is 0 Å². The van der Waals surface area contributed by atoms with Gasteiger partial charge in [-0.25, -0.2) is 4.98 Å². The zero-order chi connectivity index (χ0) is 20.2. The molecule has 4 rings (SSSR count). The van der Waals surface area contributed by atoms with Crippen molar-refractivity contribution in [2.45, 2.75) is 13.0 Å². The third-order valence-electron chi connectivity index (χ3n) is 5.26. The molecule has 3 aromatic rings. The van der Waals surface area contributed by atoms with Crippen molar-refractivity contribution in [1.82, 2.24) is 9.88 Å². The van der Waals surface area contributed by atoms with Crippen molar-refractivity contribution in [2.24, 2.45) is 5.73 Å². The highest BCUT2D eigenvalue weighted by atomic mass is 79.9. The predicted octanol–water partition coefficient (Wildman–Crippen LogP) is 4.10. The van der Waals surface area contributed by atoms with E-state index in [0.29, 0.717) is 6.61 Å². The third kappa shape index (κ3) is 5.06. The first kappa shape index (κ1) is 22.8. The van der Waals surface area contributed by atoms with Crippen LogP contribution in [0, 0.1) is 0 Å². The largest absolute Gasteiger partial charge is 0.495 e. The van der Waals surface area contributed by atoms with Gasteiger partial charge in [-0.3, -0.25) is 4.90 Å². The number of anilines is 1. The molecule has 2 N–H and O–H groups in total. The Hall–Kier alpha value is -1.87. The van der Waals surface area contributed by atoms with Crippen LogP contribution in [0.4, 0.5) is 5.69 Å². The number of thiazole rings is 1. The Morgan fingerprint density at radius 1 is 1.13 bits per heavy atom. The summed E-state index contributed by atoms with van der Waals surface area (Å²) in [5.74, 6) is 1.81. The molecule has 1 unspecified atom stereocenters. The zero-order valence-corrected chi connectivity index (χ0v) is 19.9. The second-order valence-corrected chi connectivity index (χ2v) is 8.24. The molecular formula is C22H29BrN4O2S. The number of hydrogen-bond acceptors (Lipinski definition) is 7. The maximum absolute atomic E-state index is 6.52. The van der Waals surface area contributed by atoms with Gasteiger partial charge in [0, 0.05) is 32.7 Å². The van der Waals surface area contributed by atoms with Crippen LogP contribution in [0.5, 0.6) is 11.5 Å². The van der Waals surface area contributed by atoms with E-state index in [1.165, 1.54) is 0 Å². The van der Waals surface area contributed by atoms with Crippen LogP contribution in [-0.4, -0.2) is 56.3 Å². The van der Waals surface area contributed by atoms with Crippen molar-refractivity contribution in [3.05, 3.63) is 47.5 Å². The lowest BCUT2D eigenvalue weighted by molar-refractivity contribution is 0.242. The Kier molecular flexibility index (Phi) is 7.93. The molecule has 1 aromatic heterocycles. The number of fused-ring (bicyclic) bond motifs is 1. The first-order valence-electron chi connectivity index (χ1n) is 10.1. The smallest absolute Gasteiger partial charge is 0.142 e. The van der Waals surface area contributed by atoms with Gasteiger partial charge < -0.3 is 20.1 Å². The summed E-state index contributed by atoms with van der Waals surface area (Å²) < 4.78 is 12.2. The molecule has 0 radical (unpaired) electrons. The van der Waals surface area contributed by atoms with Crippen LogP contribution in [0.15, 0.2) is 42.5 Å². The summed E-state index contributed by atoms with van der Waals surface area (Å²) in [5, 5.41) is 0.987. The van der Waals surface area contributed by atoms with Crippen LogP contribution >= 0.6 is 28.3 Å². The van der Waals surface area contributed by atoms with Crippen molar-refractivity contribution in [2.75, 3.05) is 51.3 Å².